The molecule has 0 atom stereocenters. The summed E-state index contributed by atoms with van der Waals surface area (Å²) in [5.41, 5.74) is 1.75. The van der Waals surface area contributed by atoms with Crippen LogP contribution in [0.1, 0.15) is 13.8 Å². The molecular weight excluding hydrogens is 156 g/mol. The molecule has 0 unspecified atom stereocenters. The largest absolute Gasteiger partial charge is 0.262 e. The van der Waals surface area contributed by atoms with Gasteiger partial charge in [-0.25, -0.2) is 4.99 Å². The second kappa shape index (κ2) is 4.91. The van der Waals surface area contributed by atoms with Crippen molar-refractivity contribution in [1.82, 2.24) is 0 Å². The van der Waals surface area contributed by atoms with Crippen molar-refractivity contribution in [2.75, 3.05) is 0 Å². The topological polar surface area (TPSA) is 24.7 Å². The first-order valence-electron chi connectivity index (χ1n) is 3.15. The zero-order chi connectivity index (χ0) is 8.85. The van der Waals surface area contributed by atoms with E-state index in [-0.39, 0.29) is 0 Å². The third kappa shape index (κ3) is 3.18. The average Bonchev–Trinajstić information content (AvgIpc) is 1.88. The van der Waals surface area contributed by atoms with Crippen molar-refractivity contribution in [3.05, 3.63) is 24.0 Å². The normalized spacial score (nSPS) is 10.6. The van der Waals surface area contributed by atoms with E-state index >= 15 is 0 Å². The molecule has 0 spiro atoms. The molecule has 2 nitrogen and oxygen atoms in total. The number of thiol groups is 1. The van der Waals surface area contributed by atoms with Gasteiger partial charge in [0.05, 0.1) is 5.70 Å². The quantitative estimate of drug-likeness (QED) is 0.380. The van der Waals surface area contributed by atoms with Gasteiger partial charge in [0.25, 0.3) is 0 Å². The van der Waals surface area contributed by atoms with Gasteiger partial charge in [0.1, 0.15) is 5.04 Å². The van der Waals surface area contributed by atoms with E-state index in [0.29, 0.717) is 10.7 Å². The van der Waals surface area contributed by atoms with Gasteiger partial charge >= 0.3 is 0 Å². The molecule has 0 aromatic rings. The highest BCUT2D eigenvalue weighted by molar-refractivity contribution is 7.97. The standard InChI is InChI=1S/C8H12N2S/c1-5-10-8(11)7(9-4)6(2)3/h5H,1,4H2,2-3H3,(H,10,11). The Balaban J connectivity index is 4.81. The SMILES string of the molecule is C=C/N=C(/S)C(N=C)=C(C)C. The van der Waals surface area contributed by atoms with Crippen LogP contribution >= 0.6 is 12.6 Å². The van der Waals surface area contributed by atoms with E-state index in [1.54, 1.807) is 0 Å². The minimum Gasteiger partial charge on any atom is -0.262 e. The maximum absolute atomic E-state index is 4.11. The third-order valence-electron chi connectivity index (χ3n) is 1.06. The molecule has 3 heteroatoms. The lowest BCUT2D eigenvalue weighted by molar-refractivity contribution is 1.29. The maximum Gasteiger partial charge on any atom is 0.118 e. The molecule has 0 aromatic carbocycles. The summed E-state index contributed by atoms with van der Waals surface area (Å²) in [5.74, 6) is 0. The summed E-state index contributed by atoms with van der Waals surface area (Å²) in [7, 11) is 0. The molecule has 0 aromatic heterocycles. The molecule has 0 amide bonds. The van der Waals surface area contributed by atoms with Gasteiger partial charge in [-0.1, -0.05) is 6.58 Å². The van der Waals surface area contributed by atoms with Crippen LogP contribution < -0.4 is 0 Å². The molecule has 0 saturated heterocycles. The highest BCUT2D eigenvalue weighted by Crippen LogP contribution is 2.09. The number of aliphatic imine (C=N–C) groups is 2. The molecule has 11 heavy (non-hydrogen) atoms. The van der Waals surface area contributed by atoms with Gasteiger partial charge in [0, 0.05) is 6.20 Å². The summed E-state index contributed by atoms with van der Waals surface area (Å²) in [6.45, 7) is 10.7. The Kier molecular flexibility index (Phi) is 4.54. The zero-order valence-corrected chi connectivity index (χ0v) is 7.73. The van der Waals surface area contributed by atoms with E-state index in [1.165, 1.54) is 6.20 Å². The summed E-state index contributed by atoms with van der Waals surface area (Å²) in [6, 6.07) is 0. The molecule has 0 radical (unpaired) electrons. The van der Waals surface area contributed by atoms with Crippen molar-refractivity contribution in [2.24, 2.45) is 9.98 Å². The van der Waals surface area contributed by atoms with Crippen LogP contribution in [0.2, 0.25) is 0 Å². The summed E-state index contributed by atoms with van der Waals surface area (Å²) in [4.78, 5) is 7.65. The van der Waals surface area contributed by atoms with Crippen molar-refractivity contribution < 1.29 is 0 Å². The molecule has 0 fully saturated rings. The molecule has 0 aliphatic carbocycles. The Morgan fingerprint density at radius 1 is 1.45 bits per heavy atom. The van der Waals surface area contributed by atoms with E-state index < -0.39 is 0 Å². The van der Waals surface area contributed by atoms with Crippen molar-refractivity contribution in [3.8, 4) is 0 Å². The summed E-state index contributed by atoms with van der Waals surface area (Å²) < 4.78 is 0. The van der Waals surface area contributed by atoms with Gasteiger partial charge in [-0.05, 0) is 26.1 Å². The van der Waals surface area contributed by atoms with Crippen LogP contribution in [-0.4, -0.2) is 11.8 Å². The van der Waals surface area contributed by atoms with Crippen LogP contribution in [0.4, 0.5) is 0 Å². The Morgan fingerprint density at radius 3 is 2.27 bits per heavy atom. The lowest BCUT2D eigenvalue weighted by atomic mass is 10.3. The van der Waals surface area contributed by atoms with Crippen molar-refractivity contribution in [3.63, 3.8) is 0 Å². The van der Waals surface area contributed by atoms with Crippen molar-refractivity contribution in [2.45, 2.75) is 13.8 Å². The van der Waals surface area contributed by atoms with Crippen LogP contribution in [0.25, 0.3) is 0 Å². The molecule has 60 valence electrons. The smallest absolute Gasteiger partial charge is 0.118 e. The lowest BCUT2D eigenvalue weighted by Crippen LogP contribution is -1.92. The Labute approximate surface area is 72.9 Å². The van der Waals surface area contributed by atoms with Gasteiger partial charge in [-0.2, -0.15) is 0 Å². The van der Waals surface area contributed by atoms with Gasteiger partial charge in [-0.15, -0.1) is 12.6 Å². The molecular formula is C8H12N2S. The van der Waals surface area contributed by atoms with Crippen LogP contribution in [0, 0.1) is 0 Å². The maximum atomic E-state index is 4.11. The Morgan fingerprint density at radius 2 is 2.00 bits per heavy atom. The van der Waals surface area contributed by atoms with E-state index in [4.69, 9.17) is 0 Å². The highest BCUT2D eigenvalue weighted by Gasteiger charge is 1.99. The number of nitrogens with zero attached hydrogens (tertiary/aromatic N) is 2. The number of rotatable bonds is 3. The molecule has 0 rings (SSSR count). The minimum absolute atomic E-state index is 0.551. The van der Waals surface area contributed by atoms with E-state index in [1.807, 2.05) is 13.8 Å². The molecule has 0 heterocycles. The molecule has 0 saturated carbocycles. The molecule has 0 bridgehead atoms. The number of hydrogen-bond acceptors (Lipinski definition) is 2. The van der Waals surface area contributed by atoms with Crippen LogP contribution in [0.15, 0.2) is 34.0 Å². The van der Waals surface area contributed by atoms with Gasteiger partial charge in [-0.3, -0.25) is 4.99 Å². The second-order valence-corrected chi connectivity index (χ2v) is 2.57. The van der Waals surface area contributed by atoms with E-state index in [2.05, 4.69) is 35.9 Å². The predicted octanol–water partition coefficient (Wildman–Crippen LogP) is 2.45. The first kappa shape index (κ1) is 10.2. The first-order chi connectivity index (χ1) is 5.13. The monoisotopic (exact) mass is 168 g/mol. The number of allylic oxidation sites excluding steroid dienone is 1. The summed E-state index contributed by atoms with van der Waals surface area (Å²) >= 11 is 4.11. The number of hydrogen-bond donors (Lipinski definition) is 1. The summed E-state index contributed by atoms with van der Waals surface area (Å²) in [6.07, 6.45) is 1.43. The van der Waals surface area contributed by atoms with Gasteiger partial charge in [0.15, 0.2) is 0 Å². The third-order valence-corrected chi connectivity index (χ3v) is 1.38. The van der Waals surface area contributed by atoms with E-state index in [9.17, 15) is 0 Å². The van der Waals surface area contributed by atoms with Gasteiger partial charge in [0.2, 0.25) is 0 Å². The molecule has 0 N–H and O–H groups in total. The molecule has 0 aliphatic heterocycles. The van der Waals surface area contributed by atoms with Gasteiger partial charge < -0.3 is 0 Å². The fraction of sp³-hybridized carbons (Fsp3) is 0.250. The van der Waals surface area contributed by atoms with E-state index in [0.717, 1.165) is 5.57 Å². The Hall–Kier alpha value is -0.830. The van der Waals surface area contributed by atoms with Crippen LogP contribution in [0.3, 0.4) is 0 Å². The predicted molar refractivity (Wildman–Crippen MR) is 54.5 cm³/mol. The van der Waals surface area contributed by atoms with Crippen LogP contribution in [0.5, 0.6) is 0 Å². The fourth-order valence-corrected chi connectivity index (χ4v) is 0.976. The van der Waals surface area contributed by atoms with Crippen molar-refractivity contribution in [1.29, 1.82) is 0 Å². The highest BCUT2D eigenvalue weighted by atomic mass is 32.1. The minimum atomic E-state index is 0.551. The molecule has 0 aliphatic rings. The first-order valence-corrected chi connectivity index (χ1v) is 3.60. The zero-order valence-electron chi connectivity index (χ0n) is 6.83. The van der Waals surface area contributed by atoms with Crippen LogP contribution in [-0.2, 0) is 0 Å². The Bertz CT molecular complexity index is 222. The second-order valence-electron chi connectivity index (χ2n) is 2.14. The lowest BCUT2D eigenvalue weighted by Gasteiger charge is -1.99. The summed E-state index contributed by atoms with van der Waals surface area (Å²) in [5, 5.41) is 0.551. The van der Waals surface area contributed by atoms with Crippen molar-refractivity contribution >= 4 is 24.4 Å². The average molecular weight is 168 g/mol. The fourth-order valence-electron chi connectivity index (χ4n) is 0.600.